The summed E-state index contributed by atoms with van der Waals surface area (Å²) in [6, 6.07) is 5.47. The van der Waals surface area contributed by atoms with E-state index in [1.165, 1.54) is 4.68 Å². The van der Waals surface area contributed by atoms with Crippen LogP contribution in [-0.4, -0.2) is 38.3 Å². The van der Waals surface area contributed by atoms with E-state index in [0.717, 1.165) is 17.1 Å². The first-order chi connectivity index (χ1) is 12.0. The van der Waals surface area contributed by atoms with Crippen molar-refractivity contribution >= 4 is 17.5 Å². The van der Waals surface area contributed by atoms with E-state index in [0.29, 0.717) is 44.1 Å². The number of aromatic nitrogens is 3. The highest BCUT2D eigenvalue weighted by molar-refractivity contribution is 6.30. The highest BCUT2D eigenvalue weighted by Crippen LogP contribution is 2.28. The molecule has 1 aromatic heterocycles. The fraction of sp³-hybridized carbons (Fsp3) is 0.471. The van der Waals surface area contributed by atoms with Gasteiger partial charge in [0.25, 0.3) is 0 Å². The van der Waals surface area contributed by atoms with Gasteiger partial charge in [0.1, 0.15) is 18.2 Å². The smallest absolute Gasteiger partial charge is 0.345 e. The fourth-order valence-electron chi connectivity index (χ4n) is 3.55. The van der Waals surface area contributed by atoms with Gasteiger partial charge in [0.2, 0.25) is 5.91 Å². The van der Waals surface area contributed by atoms with E-state index in [9.17, 15) is 9.59 Å². The fourth-order valence-corrected chi connectivity index (χ4v) is 3.74. The van der Waals surface area contributed by atoms with Crippen molar-refractivity contribution in [3.8, 4) is 5.75 Å². The first kappa shape index (κ1) is 16.2. The Balaban J connectivity index is 1.55. The highest BCUT2D eigenvalue weighted by Gasteiger charge is 2.31. The van der Waals surface area contributed by atoms with E-state index in [4.69, 9.17) is 16.3 Å². The van der Waals surface area contributed by atoms with Crippen LogP contribution in [0.5, 0.6) is 5.75 Å². The van der Waals surface area contributed by atoms with Gasteiger partial charge in [-0.05, 0) is 24.6 Å². The molecule has 7 nitrogen and oxygen atoms in total. The monoisotopic (exact) mass is 362 g/mol. The first-order valence-corrected chi connectivity index (χ1v) is 8.73. The molecule has 2 aliphatic rings. The maximum Gasteiger partial charge on any atom is 0.345 e. The van der Waals surface area contributed by atoms with Gasteiger partial charge in [-0.25, -0.2) is 9.48 Å². The SMILES string of the molecule is Cn1nc2n(c1=O)C[C@H](C(=O)N1CCOc3ccc(Cl)cc3C1)CC2. The summed E-state index contributed by atoms with van der Waals surface area (Å²) in [5.74, 6) is 1.37. The van der Waals surface area contributed by atoms with Crippen molar-refractivity contribution in [2.75, 3.05) is 13.2 Å². The zero-order chi connectivity index (χ0) is 17.6. The lowest BCUT2D eigenvalue weighted by Gasteiger charge is -2.28. The van der Waals surface area contributed by atoms with Crippen molar-refractivity contribution < 1.29 is 9.53 Å². The lowest BCUT2D eigenvalue weighted by molar-refractivity contribution is -0.137. The topological polar surface area (TPSA) is 69.4 Å². The van der Waals surface area contributed by atoms with Gasteiger partial charge in [-0.3, -0.25) is 9.36 Å². The van der Waals surface area contributed by atoms with Crippen LogP contribution in [0, 0.1) is 5.92 Å². The molecule has 0 unspecified atom stereocenters. The van der Waals surface area contributed by atoms with E-state index >= 15 is 0 Å². The standard InChI is InChI=1S/C17H19ClN4O3/c1-20-17(24)22-10-11(2-5-15(22)19-20)16(23)21-6-7-25-14-4-3-13(18)8-12(14)9-21/h3-4,8,11H,2,5-7,9-10H2,1H3/t11-/m1/s1. The Morgan fingerprint density at radius 1 is 1.40 bits per heavy atom. The minimum atomic E-state index is -0.213. The highest BCUT2D eigenvalue weighted by atomic mass is 35.5. The summed E-state index contributed by atoms with van der Waals surface area (Å²) < 4.78 is 8.68. The Labute approximate surface area is 149 Å². The summed E-state index contributed by atoms with van der Waals surface area (Å²) in [6.07, 6.45) is 1.34. The molecule has 2 aliphatic heterocycles. The molecule has 0 aliphatic carbocycles. The van der Waals surface area contributed by atoms with Gasteiger partial charge in [0.05, 0.1) is 12.5 Å². The summed E-state index contributed by atoms with van der Waals surface area (Å²) in [7, 11) is 1.64. The van der Waals surface area contributed by atoms with Crippen LogP contribution in [0.2, 0.25) is 5.02 Å². The summed E-state index contributed by atoms with van der Waals surface area (Å²) in [6.45, 7) is 1.84. The largest absolute Gasteiger partial charge is 0.491 e. The molecule has 0 fully saturated rings. The summed E-state index contributed by atoms with van der Waals surface area (Å²) in [5.41, 5.74) is 0.747. The minimum absolute atomic E-state index is 0.0535. The predicted molar refractivity (Wildman–Crippen MR) is 91.6 cm³/mol. The van der Waals surface area contributed by atoms with Crippen molar-refractivity contribution in [1.82, 2.24) is 19.2 Å². The second-order valence-corrected chi connectivity index (χ2v) is 6.97. The number of amides is 1. The molecule has 2 aromatic rings. The zero-order valence-electron chi connectivity index (χ0n) is 13.9. The molecule has 0 spiro atoms. The van der Waals surface area contributed by atoms with Crippen molar-refractivity contribution in [3.05, 3.63) is 45.1 Å². The van der Waals surface area contributed by atoms with E-state index in [1.54, 1.807) is 22.6 Å². The average molecular weight is 363 g/mol. The number of benzene rings is 1. The molecule has 3 heterocycles. The molecule has 1 atom stereocenters. The van der Waals surface area contributed by atoms with E-state index < -0.39 is 0 Å². The van der Waals surface area contributed by atoms with Crippen LogP contribution in [0.3, 0.4) is 0 Å². The van der Waals surface area contributed by atoms with Crippen molar-refractivity contribution in [2.45, 2.75) is 25.9 Å². The number of rotatable bonds is 1. The third kappa shape index (κ3) is 2.93. The van der Waals surface area contributed by atoms with Crippen LogP contribution in [-0.2, 0) is 31.4 Å². The van der Waals surface area contributed by atoms with Gasteiger partial charge in [-0.2, -0.15) is 5.10 Å². The molecule has 1 aromatic carbocycles. The molecule has 8 heteroatoms. The third-order valence-electron chi connectivity index (χ3n) is 4.87. The van der Waals surface area contributed by atoms with Crippen molar-refractivity contribution in [3.63, 3.8) is 0 Å². The summed E-state index contributed by atoms with van der Waals surface area (Å²) in [4.78, 5) is 26.9. The molecule has 0 saturated heterocycles. The van der Waals surface area contributed by atoms with Crippen LogP contribution < -0.4 is 10.4 Å². The number of ether oxygens (including phenoxy) is 1. The molecule has 4 rings (SSSR count). The molecule has 0 N–H and O–H groups in total. The van der Waals surface area contributed by atoms with Crippen LogP contribution in [0.1, 0.15) is 17.8 Å². The molecule has 132 valence electrons. The molecule has 0 radical (unpaired) electrons. The zero-order valence-corrected chi connectivity index (χ0v) is 14.7. The molecule has 1 amide bonds. The minimum Gasteiger partial charge on any atom is -0.491 e. The first-order valence-electron chi connectivity index (χ1n) is 8.35. The van der Waals surface area contributed by atoms with Gasteiger partial charge >= 0.3 is 5.69 Å². The van der Waals surface area contributed by atoms with Crippen LogP contribution in [0.25, 0.3) is 0 Å². The Morgan fingerprint density at radius 3 is 3.08 bits per heavy atom. The summed E-state index contributed by atoms with van der Waals surface area (Å²) >= 11 is 6.08. The van der Waals surface area contributed by atoms with Gasteiger partial charge in [-0.1, -0.05) is 11.6 Å². The quantitative estimate of drug-likeness (QED) is 0.765. The van der Waals surface area contributed by atoms with Crippen molar-refractivity contribution in [1.29, 1.82) is 0 Å². The lowest BCUT2D eigenvalue weighted by atomic mass is 9.97. The molecule has 25 heavy (non-hydrogen) atoms. The second-order valence-electron chi connectivity index (χ2n) is 6.53. The van der Waals surface area contributed by atoms with Gasteiger partial charge in [0.15, 0.2) is 0 Å². The van der Waals surface area contributed by atoms with E-state index in [2.05, 4.69) is 5.10 Å². The Morgan fingerprint density at radius 2 is 2.24 bits per heavy atom. The van der Waals surface area contributed by atoms with Crippen LogP contribution in [0.4, 0.5) is 0 Å². The van der Waals surface area contributed by atoms with E-state index in [-0.39, 0.29) is 17.5 Å². The number of aryl methyl sites for hydroxylation is 2. The van der Waals surface area contributed by atoms with Gasteiger partial charge < -0.3 is 9.64 Å². The number of fused-ring (bicyclic) bond motifs is 2. The Kier molecular flexibility index (Phi) is 4.03. The van der Waals surface area contributed by atoms with Gasteiger partial charge in [0, 0.05) is 37.1 Å². The lowest BCUT2D eigenvalue weighted by Crippen LogP contribution is -2.42. The maximum atomic E-state index is 13.0. The van der Waals surface area contributed by atoms with Crippen LogP contribution >= 0.6 is 11.6 Å². The third-order valence-corrected chi connectivity index (χ3v) is 5.10. The molecular weight excluding hydrogens is 344 g/mol. The molecule has 0 saturated carbocycles. The van der Waals surface area contributed by atoms with Gasteiger partial charge in [-0.15, -0.1) is 0 Å². The predicted octanol–water partition coefficient (Wildman–Crippen LogP) is 1.22. The Hall–Kier alpha value is -2.28. The number of carbonyl (C=O) groups is 1. The average Bonchev–Trinajstić information content (AvgIpc) is 2.77. The molecule has 0 bridgehead atoms. The summed E-state index contributed by atoms with van der Waals surface area (Å²) in [5, 5.41) is 4.84. The molecular formula is C17H19ClN4O3. The van der Waals surface area contributed by atoms with Crippen LogP contribution in [0.15, 0.2) is 23.0 Å². The number of halogens is 1. The number of nitrogens with zero attached hydrogens (tertiary/aromatic N) is 4. The van der Waals surface area contributed by atoms with Crippen molar-refractivity contribution in [2.24, 2.45) is 13.0 Å². The number of hydrogen-bond donors (Lipinski definition) is 0. The number of hydrogen-bond acceptors (Lipinski definition) is 4. The van der Waals surface area contributed by atoms with E-state index in [1.807, 2.05) is 12.1 Å². The normalized spacial score (nSPS) is 19.6. The second kappa shape index (κ2) is 6.22. The Bertz CT molecular complexity index is 889. The maximum absolute atomic E-state index is 13.0. The number of carbonyl (C=O) groups excluding carboxylic acids is 1.